The number of hydrogen-bond acceptors (Lipinski definition) is 1. The van der Waals surface area contributed by atoms with Crippen molar-refractivity contribution < 1.29 is 0 Å². The first kappa shape index (κ1) is 51.2. The fraction of sp³-hybridized carbons (Fsp3) is 0.887. The maximum atomic E-state index is 3.99. The molecule has 0 heterocycles. The summed E-state index contributed by atoms with van der Waals surface area (Å²) >= 11 is 0. The van der Waals surface area contributed by atoms with Crippen LogP contribution in [-0.4, -0.2) is 12.6 Å². The van der Waals surface area contributed by atoms with Crippen LogP contribution in [0.25, 0.3) is 0 Å². The zero-order chi connectivity index (χ0) is 38.5. The highest BCUT2D eigenvalue weighted by Crippen LogP contribution is 2.18. The number of hydrogen-bond donors (Lipinski definition) is 1. The first-order valence-corrected chi connectivity index (χ1v) is 25.6. The molecule has 0 bridgehead atoms. The average molecular weight is 752 g/mol. The van der Waals surface area contributed by atoms with Gasteiger partial charge in [0, 0.05) is 6.04 Å². The smallest absolute Gasteiger partial charge is 0.00671 e. The molecule has 0 atom stereocenters. The van der Waals surface area contributed by atoms with Crippen molar-refractivity contribution in [2.45, 2.75) is 296 Å². The Balaban J connectivity index is 1.96. The van der Waals surface area contributed by atoms with Crippen molar-refractivity contribution in [1.82, 2.24) is 5.32 Å². The number of nitrogens with one attached hydrogen (secondary N) is 1. The van der Waals surface area contributed by atoms with Crippen LogP contribution in [0.15, 0.2) is 30.3 Å². The van der Waals surface area contributed by atoms with Gasteiger partial charge in [-0.15, -0.1) is 0 Å². The Kier molecular flexibility index (Phi) is 42.6. The molecule has 0 saturated carbocycles. The quantitative estimate of drug-likeness (QED) is 0.0654. The summed E-state index contributed by atoms with van der Waals surface area (Å²) in [6.07, 6.45) is 62.5. The van der Waals surface area contributed by atoms with Gasteiger partial charge < -0.3 is 5.32 Å². The predicted molar refractivity (Wildman–Crippen MR) is 247 cm³/mol. The van der Waals surface area contributed by atoms with Crippen LogP contribution in [0.4, 0.5) is 0 Å². The van der Waals surface area contributed by atoms with E-state index in [1.807, 2.05) is 0 Å². The minimum Gasteiger partial charge on any atom is -0.314 e. The van der Waals surface area contributed by atoms with Gasteiger partial charge in [0.1, 0.15) is 0 Å². The first-order valence-electron chi connectivity index (χ1n) is 25.6. The second kappa shape index (κ2) is 44.9. The van der Waals surface area contributed by atoms with E-state index in [0.29, 0.717) is 0 Å². The van der Waals surface area contributed by atoms with Crippen LogP contribution in [0.2, 0.25) is 0 Å². The summed E-state index contributed by atoms with van der Waals surface area (Å²) in [6.45, 7) is 5.76. The van der Waals surface area contributed by atoms with E-state index >= 15 is 0 Å². The summed E-state index contributed by atoms with van der Waals surface area (Å²) in [5, 5.41) is 3.99. The van der Waals surface area contributed by atoms with Crippen molar-refractivity contribution in [3.8, 4) is 0 Å². The molecule has 1 N–H and O–H groups in total. The molecular weight excluding hydrogens is 651 g/mol. The third kappa shape index (κ3) is 39.4. The summed E-state index contributed by atoms with van der Waals surface area (Å²) in [4.78, 5) is 0. The highest BCUT2D eigenvalue weighted by atomic mass is 14.9. The normalized spacial score (nSPS) is 11.7. The van der Waals surface area contributed by atoms with Crippen LogP contribution in [0.5, 0.6) is 0 Å². The monoisotopic (exact) mass is 752 g/mol. The highest BCUT2D eigenvalue weighted by molar-refractivity contribution is 5.14. The van der Waals surface area contributed by atoms with Gasteiger partial charge in [-0.25, -0.2) is 0 Å². The van der Waals surface area contributed by atoms with Gasteiger partial charge in [-0.3, -0.25) is 0 Å². The molecule has 0 amide bonds. The van der Waals surface area contributed by atoms with Crippen LogP contribution < -0.4 is 5.32 Å². The van der Waals surface area contributed by atoms with Crippen LogP contribution in [-0.2, 0) is 6.42 Å². The minimum absolute atomic E-state index is 0.722. The largest absolute Gasteiger partial charge is 0.314 e. The molecular formula is C53H101N. The Morgan fingerprint density at radius 2 is 0.556 bits per heavy atom. The number of rotatable bonds is 46. The standard InChI is InChI=1S/C53H101N/c1-3-5-7-9-11-13-15-17-19-21-23-25-27-29-31-33-35-37-39-44-48-53(54-51-50-52-46-42-41-43-47-52)49-45-40-38-36-34-32-30-28-26-24-22-20-18-16-14-12-10-8-6-4-2/h41-43,46-47,53-54H,3-40,44-45,48-51H2,1-2H3. The Labute approximate surface area is 342 Å². The molecule has 1 rings (SSSR count). The van der Waals surface area contributed by atoms with Gasteiger partial charge in [0.15, 0.2) is 0 Å². The lowest BCUT2D eigenvalue weighted by Gasteiger charge is -2.19. The molecule has 0 aliphatic rings. The molecule has 54 heavy (non-hydrogen) atoms. The maximum Gasteiger partial charge on any atom is 0.00671 e. The maximum absolute atomic E-state index is 3.99. The second-order valence-corrected chi connectivity index (χ2v) is 17.9. The van der Waals surface area contributed by atoms with Gasteiger partial charge in [-0.1, -0.05) is 301 Å². The number of unbranched alkanes of at least 4 members (excludes halogenated alkanes) is 38. The molecule has 0 fully saturated rings. The lowest BCUT2D eigenvalue weighted by Crippen LogP contribution is -2.31. The molecule has 0 aliphatic carbocycles. The second-order valence-electron chi connectivity index (χ2n) is 17.9. The van der Waals surface area contributed by atoms with Crippen LogP contribution in [0.3, 0.4) is 0 Å². The van der Waals surface area contributed by atoms with Gasteiger partial charge in [-0.05, 0) is 31.4 Å². The van der Waals surface area contributed by atoms with Gasteiger partial charge in [0.25, 0.3) is 0 Å². The molecule has 0 unspecified atom stereocenters. The van der Waals surface area contributed by atoms with E-state index < -0.39 is 0 Å². The van der Waals surface area contributed by atoms with Crippen LogP contribution >= 0.6 is 0 Å². The van der Waals surface area contributed by atoms with E-state index in [-0.39, 0.29) is 0 Å². The Hall–Kier alpha value is -0.820. The van der Waals surface area contributed by atoms with Gasteiger partial charge in [0.2, 0.25) is 0 Å². The van der Waals surface area contributed by atoms with Crippen molar-refractivity contribution in [1.29, 1.82) is 0 Å². The summed E-state index contributed by atoms with van der Waals surface area (Å²) in [6, 6.07) is 11.8. The molecule has 0 radical (unpaired) electrons. The molecule has 0 spiro atoms. The molecule has 0 saturated heterocycles. The third-order valence-electron chi connectivity index (χ3n) is 12.5. The van der Waals surface area contributed by atoms with Crippen molar-refractivity contribution >= 4 is 0 Å². The number of benzene rings is 1. The summed E-state index contributed by atoms with van der Waals surface area (Å²) in [7, 11) is 0. The Morgan fingerprint density at radius 1 is 0.315 bits per heavy atom. The highest BCUT2D eigenvalue weighted by Gasteiger charge is 2.08. The van der Waals surface area contributed by atoms with Gasteiger partial charge in [-0.2, -0.15) is 0 Å². The zero-order valence-electron chi connectivity index (χ0n) is 37.6. The molecule has 1 nitrogen and oxygen atoms in total. The SMILES string of the molecule is CCCCCCCCCCCCCCCCCCCCCCC(CCCCCCCCCCCCCCCCCCCCCC)NCCc1ccccc1. The van der Waals surface area contributed by atoms with E-state index in [1.54, 1.807) is 0 Å². The van der Waals surface area contributed by atoms with E-state index in [1.165, 1.54) is 275 Å². The Bertz CT molecular complexity index is 744. The van der Waals surface area contributed by atoms with Gasteiger partial charge in [0.05, 0.1) is 0 Å². The predicted octanol–water partition coefficient (Wildman–Crippen LogP) is 18.6. The fourth-order valence-electron chi connectivity index (χ4n) is 8.71. The van der Waals surface area contributed by atoms with Crippen molar-refractivity contribution in [3.63, 3.8) is 0 Å². The third-order valence-corrected chi connectivity index (χ3v) is 12.5. The molecule has 0 aliphatic heterocycles. The minimum atomic E-state index is 0.722. The van der Waals surface area contributed by atoms with Crippen LogP contribution in [0, 0.1) is 0 Å². The van der Waals surface area contributed by atoms with Crippen molar-refractivity contribution in [2.24, 2.45) is 0 Å². The summed E-state index contributed by atoms with van der Waals surface area (Å²) < 4.78 is 0. The Morgan fingerprint density at radius 3 is 0.815 bits per heavy atom. The van der Waals surface area contributed by atoms with E-state index in [2.05, 4.69) is 49.5 Å². The summed E-state index contributed by atoms with van der Waals surface area (Å²) in [5.74, 6) is 0. The lowest BCUT2D eigenvalue weighted by atomic mass is 9.99. The van der Waals surface area contributed by atoms with E-state index in [9.17, 15) is 0 Å². The fourth-order valence-corrected chi connectivity index (χ4v) is 8.71. The molecule has 0 aromatic heterocycles. The molecule has 1 aromatic carbocycles. The van der Waals surface area contributed by atoms with Crippen molar-refractivity contribution in [3.05, 3.63) is 35.9 Å². The van der Waals surface area contributed by atoms with Crippen LogP contribution in [0.1, 0.15) is 289 Å². The summed E-state index contributed by atoms with van der Waals surface area (Å²) in [5.41, 5.74) is 1.47. The van der Waals surface area contributed by atoms with E-state index in [4.69, 9.17) is 0 Å². The first-order chi connectivity index (χ1) is 26.9. The average Bonchev–Trinajstić information content (AvgIpc) is 3.19. The topological polar surface area (TPSA) is 12.0 Å². The van der Waals surface area contributed by atoms with E-state index in [0.717, 1.165) is 19.0 Å². The molecule has 318 valence electrons. The molecule has 1 aromatic rings. The van der Waals surface area contributed by atoms with Gasteiger partial charge >= 0.3 is 0 Å². The lowest BCUT2D eigenvalue weighted by molar-refractivity contribution is 0.413. The molecule has 1 heteroatoms. The zero-order valence-corrected chi connectivity index (χ0v) is 37.6. The van der Waals surface area contributed by atoms with Crippen molar-refractivity contribution in [2.75, 3.05) is 6.54 Å².